The van der Waals surface area contributed by atoms with E-state index in [1.165, 1.54) is 22.3 Å². The topological polar surface area (TPSA) is 55.6 Å². The Morgan fingerprint density at radius 3 is 2.09 bits per heavy atom. The van der Waals surface area contributed by atoms with Crippen LogP contribution in [0.1, 0.15) is 42.5 Å². The zero-order valence-electron chi connectivity index (χ0n) is 19.0. The van der Waals surface area contributed by atoms with Crippen LogP contribution in [0.25, 0.3) is 0 Å². The van der Waals surface area contributed by atoms with Gasteiger partial charge in [-0.05, 0) is 61.4 Å². The summed E-state index contributed by atoms with van der Waals surface area (Å²) in [6.45, 7) is 5.28. The quantitative estimate of drug-likeness (QED) is 0.556. The average Bonchev–Trinajstić information content (AvgIpc) is 2.79. The smallest absolute Gasteiger partial charge is 0.261 e. The number of rotatable bonds is 8. The van der Waals surface area contributed by atoms with Gasteiger partial charge in [-0.1, -0.05) is 72.8 Å². The summed E-state index contributed by atoms with van der Waals surface area (Å²) in [6, 6.07) is 28.0. The lowest BCUT2D eigenvalue weighted by Crippen LogP contribution is -2.44. The van der Waals surface area contributed by atoms with Gasteiger partial charge in [0.2, 0.25) is 0 Å². The molecular weight excluding hydrogens is 396 g/mol. The highest BCUT2D eigenvalue weighted by atomic mass is 16.5. The van der Waals surface area contributed by atoms with Crippen molar-refractivity contribution >= 4 is 5.91 Å². The largest absolute Gasteiger partial charge is 0.478 e. The minimum Gasteiger partial charge on any atom is -0.478 e. The Morgan fingerprint density at radius 2 is 1.53 bits per heavy atom. The number of nitrogens with two attached hydrogens (primary N) is 1. The van der Waals surface area contributed by atoms with Crippen molar-refractivity contribution in [2.75, 3.05) is 0 Å². The van der Waals surface area contributed by atoms with Crippen LogP contribution in [0.4, 0.5) is 0 Å². The van der Waals surface area contributed by atoms with Crippen LogP contribution in [-0.4, -0.2) is 22.4 Å². The van der Waals surface area contributed by atoms with Crippen LogP contribution >= 0.6 is 0 Å². The molecule has 4 nitrogen and oxygen atoms in total. The SMILES string of the molecule is CC(C)(Oc1cccc2c1CC[C@@H](N(Cc1ccccc1)Cc1ccccc1)C2)C(N)=O. The second-order valence-electron chi connectivity index (χ2n) is 9.14. The van der Waals surface area contributed by atoms with E-state index in [1.54, 1.807) is 13.8 Å². The van der Waals surface area contributed by atoms with Crippen molar-refractivity contribution in [3.63, 3.8) is 0 Å². The fourth-order valence-corrected chi connectivity index (χ4v) is 4.44. The van der Waals surface area contributed by atoms with E-state index in [0.29, 0.717) is 6.04 Å². The number of primary amides is 1. The molecule has 1 amide bonds. The zero-order chi connectivity index (χ0) is 22.6. The molecule has 4 rings (SSSR count). The van der Waals surface area contributed by atoms with Gasteiger partial charge >= 0.3 is 0 Å². The van der Waals surface area contributed by atoms with E-state index in [2.05, 4.69) is 71.6 Å². The molecule has 0 aromatic heterocycles. The van der Waals surface area contributed by atoms with Crippen LogP contribution in [-0.2, 0) is 30.7 Å². The number of carbonyl (C=O) groups is 1. The third-order valence-electron chi connectivity index (χ3n) is 6.35. The van der Waals surface area contributed by atoms with Crippen molar-refractivity contribution < 1.29 is 9.53 Å². The van der Waals surface area contributed by atoms with E-state index in [1.807, 2.05) is 12.1 Å². The monoisotopic (exact) mass is 428 g/mol. The molecule has 0 aliphatic heterocycles. The fraction of sp³-hybridized carbons (Fsp3) is 0.321. The average molecular weight is 429 g/mol. The van der Waals surface area contributed by atoms with E-state index in [4.69, 9.17) is 10.5 Å². The molecule has 2 N–H and O–H groups in total. The molecule has 0 bridgehead atoms. The van der Waals surface area contributed by atoms with Gasteiger partial charge in [0, 0.05) is 19.1 Å². The molecule has 0 radical (unpaired) electrons. The molecule has 0 fully saturated rings. The second-order valence-corrected chi connectivity index (χ2v) is 9.14. The molecule has 1 atom stereocenters. The molecule has 0 saturated carbocycles. The number of carbonyl (C=O) groups excluding carboxylic acids is 1. The highest BCUT2D eigenvalue weighted by molar-refractivity contribution is 5.83. The molecule has 3 aromatic carbocycles. The molecule has 166 valence electrons. The van der Waals surface area contributed by atoms with Gasteiger partial charge in [-0.25, -0.2) is 0 Å². The summed E-state index contributed by atoms with van der Waals surface area (Å²) in [6.07, 6.45) is 2.93. The molecule has 0 spiro atoms. The molecule has 0 saturated heterocycles. The van der Waals surface area contributed by atoms with Crippen LogP contribution in [0.3, 0.4) is 0 Å². The Labute approximate surface area is 191 Å². The van der Waals surface area contributed by atoms with Gasteiger partial charge in [-0.15, -0.1) is 0 Å². The summed E-state index contributed by atoms with van der Waals surface area (Å²) in [5, 5.41) is 0. The Hall–Kier alpha value is -3.11. The summed E-state index contributed by atoms with van der Waals surface area (Å²) in [5.41, 5.74) is 9.66. The standard InChI is InChI=1S/C28H32N2O2/c1-28(2,27(29)31)32-26-15-9-14-23-18-24(16-17-25(23)26)30(19-21-10-5-3-6-11-21)20-22-12-7-4-8-13-22/h3-15,24H,16-20H2,1-2H3,(H2,29,31)/t24-/m1/s1. The van der Waals surface area contributed by atoms with E-state index >= 15 is 0 Å². The highest BCUT2D eigenvalue weighted by Crippen LogP contribution is 2.34. The molecule has 1 aliphatic carbocycles. The first-order chi connectivity index (χ1) is 15.4. The van der Waals surface area contributed by atoms with E-state index < -0.39 is 11.5 Å². The number of hydrogen-bond acceptors (Lipinski definition) is 3. The van der Waals surface area contributed by atoms with E-state index in [-0.39, 0.29) is 0 Å². The fourth-order valence-electron chi connectivity index (χ4n) is 4.44. The van der Waals surface area contributed by atoms with E-state index in [0.717, 1.165) is 38.1 Å². The number of fused-ring (bicyclic) bond motifs is 1. The molecule has 1 aliphatic rings. The summed E-state index contributed by atoms with van der Waals surface area (Å²) in [5.74, 6) is 0.322. The first-order valence-corrected chi connectivity index (χ1v) is 11.3. The highest BCUT2D eigenvalue weighted by Gasteiger charge is 2.31. The number of benzene rings is 3. The molecule has 0 heterocycles. The number of amides is 1. The lowest BCUT2D eigenvalue weighted by atomic mass is 9.86. The first kappa shape index (κ1) is 22.1. The lowest BCUT2D eigenvalue weighted by molar-refractivity contribution is -0.130. The van der Waals surface area contributed by atoms with E-state index in [9.17, 15) is 4.79 Å². The summed E-state index contributed by atoms with van der Waals surface area (Å²) < 4.78 is 6.06. The normalized spacial score (nSPS) is 15.9. The van der Waals surface area contributed by atoms with Gasteiger partial charge in [0.25, 0.3) is 5.91 Å². The predicted molar refractivity (Wildman–Crippen MR) is 128 cm³/mol. The lowest BCUT2D eigenvalue weighted by Gasteiger charge is -2.36. The van der Waals surface area contributed by atoms with Gasteiger partial charge < -0.3 is 10.5 Å². The predicted octanol–water partition coefficient (Wildman–Crippen LogP) is 4.89. The molecule has 3 aromatic rings. The third kappa shape index (κ3) is 5.20. The van der Waals surface area contributed by atoms with Crippen molar-refractivity contribution in [3.8, 4) is 5.75 Å². The maximum Gasteiger partial charge on any atom is 0.261 e. The van der Waals surface area contributed by atoms with Crippen LogP contribution < -0.4 is 10.5 Å². The Bertz CT molecular complexity index is 1010. The summed E-state index contributed by atoms with van der Waals surface area (Å²) in [4.78, 5) is 14.4. The van der Waals surface area contributed by atoms with Crippen molar-refractivity contribution in [2.45, 2.75) is 57.8 Å². The maximum atomic E-state index is 11.8. The Balaban J connectivity index is 1.57. The summed E-state index contributed by atoms with van der Waals surface area (Å²) in [7, 11) is 0. The molecule has 0 unspecified atom stereocenters. The Kier molecular flexibility index (Phi) is 6.61. The Morgan fingerprint density at radius 1 is 0.938 bits per heavy atom. The van der Waals surface area contributed by atoms with Gasteiger partial charge in [-0.2, -0.15) is 0 Å². The van der Waals surface area contributed by atoms with Crippen LogP contribution in [0.5, 0.6) is 5.75 Å². The summed E-state index contributed by atoms with van der Waals surface area (Å²) >= 11 is 0. The second kappa shape index (κ2) is 9.58. The maximum absolute atomic E-state index is 11.8. The number of ether oxygens (including phenoxy) is 1. The first-order valence-electron chi connectivity index (χ1n) is 11.3. The molecular formula is C28H32N2O2. The van der Waals surface area contributed by atoms with Crippen LogP contribution in [0.2, 0.25) is 0 Å². The number of nitrogens with zero attached hydrogens (tertiary/aromatic N) is 1. The molecule has 32 heavy (non-hydrogen) atoms. The van der Waals surface area contributed by atoms with Gasteiger partial charge in [0.15, 0.2) is 5.60 Å². The van der Waals surface area contributed by atoms with Crippen molar-refractivity contribution in [1.82, 2.24) is 4.90 Å². The van der Waals surface area contributed by atoms with Crippen LogP contribution in [0.15, 0.2) is 78.9 Å². The minimum absolute atomic E-state index is 0.433. The van der Waals surface area contributed by atoms with Crippen molar-refractivity contribution in [3.05, 3.63) is 101 Å². The number of hydrogen-bond donors (Lipinski definition) is 1. The minimum atomic E-state index is -1.03. The van der Waals surface area contributed by atoms with Crippen molar-refractivity contribution in [2.24, 2.45) is 5.73 Å². The third-order valence-corrected chi connectivity index (χ3v) is 6.35. The van der Waals surface area contributed by atoms with Crippen LogP contribution in [0, 0.1) is 0 Å². The van der Waals surface area contributed by atoms with Gasteiger partial charge in [0.1, 0.15) is 5.75 Å². The van der Waals surface area contributed by atoms with Crippen molar-refractivity contribution in [1.29, 1.82) is 0 Å². The molecule has 4 heteroatoms. The van der Waals surface area contributed by atoms with Gasteiger partial charge in [-0.3, -0.25) is 9.69 Å². The zero-order valence-corrected chi connectivity index (χ0v) is 19.0. The van der Waals surface area contributed by atoms with Gasteiger partial charge in [0.05, 0.1) is 0 Å².